The Balaban J connectivity index is 1.30. The first-order valence-corrected chi connectivity index (χ1v) is 15.6. The minimum absolute atomic E-state index is 0.105. The molecule has 2 aromatic heterocycles. The van der Waals surface area contributed by atoms with E-state index in [4.69, 9.17) is 21.1 Å². The van der Waals surface area contributed by atoms with Gasteiger partial charge >= 0.3 is 0 Å². The number of carbonyl (C=O) groups is 2. The molecule has 1 atom stereocenters. The van der Waals surface area contributed by atoms with Crippen molar-refractivity contribution in [2.24, 2.45) is 0 Å². The van der Waals surface area contributed by atoms with E-state index >= 15 is 0 Å². The monoisotopic (exact) mass is 642 g/mol. The molecule has 1 aliphatic rings. The minimum atomic E-state index is -0.296. The lowest BCUT2D eigenvalue weighted by molar-refractivity contribution is -0.119. The third-order valence-corrected chi connectivity index (χ3v) is 8.37. The first kappa shape index (κ1) is 33.0. The predicted octanol–water partition coefficient (Wildman–Crippen LogP) is 5.14. The summed E-state index contributed by atoms with van der Waals surface area (Å²) in [4.78, 5) is 33.5. The van der Waals surface area contributed by atoms with Gasteiger partial charge in [0.2, 0.25) is 5.91 Å². The van der Waals surface area contributed by atoms with Gasteiger partial charge in [-0.25, -0.2) is 0 Å². The highest BCUT2D eigenvalue weighted by Crippen LogP contribution is 2.39. The number of aromatic nitrogens is 2. The van der Waals surface area contributed by atoms with Gasteiger partial charge in [-0.05, 0) is 54.3 Å². The van der Waals surface area contributed by atoms with Crippen molar-refractivity contribution in [2.75, 3.05) is 39.2 Å². The van der Waals surface area contributed by atoms with Gasteiger partial charge in [-0.3, -0.25) is 19.6 Å². The van der Waals surface area contributed by atoms with Gasteiger partial charge in [0.25, 0.3) is 5.91 Å². The summed E-state index contributed by atoms with van der Waals surface area (Å²) in [5.41, 5.74) is 6.95. The lowest BCUT2D eigenvalue weighted by atomic mass is 9.97. The average Bonchev–Trinajstić information content (AvgIpc) is 3.49. The highest BCUT2D eigenvalue weighted by molar-refractivity contribution is 6.35. The topological polar surface area (TPSA) is 126 Å². The van der Waals surface area contributed by atoms with Crippen LogP contribution in [0.1, 0.15) is 40.0 Å². The van der Waals surface area contributed by atoms with E-state index < -0.39 is 0 Å². The van der Waals surface area contributed by atoms with Gasteiger partial charge in [-0.1, -0.05) is 41.9 Å². The van der Waals surface area contributed by atoms with Crippen molar-refractivity contribution in [2.45, 2.75) is 38.9 Å². The molecule has 5 rings (SSSR count). The minimum Gasteiger partial charge on any atom is -0.496 e. The Labute approximate surface area is 274 Å². The van der Waals surface area contributed by atoms with E-state index in [0.29, 0.717) is 60.5 Å². The van der Waals surface area contributed by atoms with E-state index in [9.17, 15) is 9.59 Å². The summed E-state index contributed by atoms with van der Waals surface area (Å²) >= 11 is 7.02. The van der Waals surface area contributed by atoms with Crippen LogP contribution in [0.3, 0.4) is 0 Å². The molecule has 0 aliphatic carbocycles. The molecule has 0 radical (unpaired) electrons. The van der Waals surface area contributed by atoms with Crippen LogP contribution in [0.4, 0.5) is 5.69 Å². The van der Waals surface area contributed by atoms with Gasteiger partial charge < -0.3 is 30.7 Å². The number of carbonyl (C=O) groups excluding carboxylic acids is 2. The van der Waals surface area contributed by atoms with Gasteiger partial charge in [-0.15, -0.1) is 0 Å². The number of nitrogens with zero attached hydrogens (tertiary/aromatic N) is 2. The van der Waals surface area contributed by atoms with Crippen molar-refractivity contribution in [3.8, 4) is 28.1 Å². The number of rotatable bonds is 14. The van der Waals surface area contributed by atoms with E-state index in [2.05, 4.69) is 31.2 Å². The Morgan fingerprint density at radius 2 is 1.91 bits per heavy atom. The fourth-order valence-electron chi connectivity index (χ4n) is 5.42. The highest BCUT2D eigenvalue weighted by atomic mass is 35.5. The van der Waals surface area contributed by atoms with Crippen LogP contribution in [-0.4, -0.2) is 61.7 Å². The first-order valence-electron chi connectivity index (χ1n) is 15.3. The Bertz CT molecular complexity index is 1680. The van der Waals surface area contributed by atoms with Gasteiger partial charge in [-0.2, -0.15) is 0 Å². The molecule has 2 amide bonds. The normalized spacial score (nSPS) is 14.3. The smallest absolute Gasteiger partial charge is 0.274 e. The van der Waals surface area contributed by atoms with Gasteiger partial charge in [0.1, 0.15) is 11.4 Å². The predicted molar refractivity (Wildman–Crippen MR) is 180 cm³/mol. The molecule has 1 aliphatic heterocycles. The molecule has 1 fully saturated rings. The molecule has 3 heterocycles. The lowest BCUT2D eigenvalue weighted by Gasteiger charge is -2.16. The largest absolute Gasteiger partial charge is 0.496 e. The summed E-state index contributed by atoms with van der Waals surface area (Å²) in [5, 5.41) is 13.2. The summed E-state index contributed by atoms with van der Waals surface area (Å²) in [6.45, 7) is 5.25. The second-order valence-corrected chi connectivity index (χ2v) is 11.5. The van der Waals surface area contributed by atoms with E-state index in [1.807, 2.05) is 55.5 Å². The summed E-state index contributed by atoms with van der Waals surface area (Å²) in [7, 11) is 3.30. The molecule has 0 saturated carbocycles. The molecular weight excluding hydrogens is 604 g/mol. The van der Waals surface area contributed by atoms with Crippen molar-refractivity contribution in [3.05, 3.63) is 94.4 Å². The Morgan fingerprint density at radius 3 is 2.65 bits per heavy atom. The number of halogens is 1. The molecule has 240 valence electrons. The molecular formula is C35H39ClN6O4. The summed E-state index contributed by atoms with van der Waals surface area (Å²) in [6, 6.07) is 17.3. The fourth-order valence-corrected chi connectivity index (χ4v) is 5.74. The zero-order valence-corrected chi connectivity index (χ0v) is 27.0. The third-order valence-electron chi connectivity index (χ3n) is 7.98. The quantitative estimate of drug-likeness (QED) is 0.139. The Hall–Kier alpha value is -4.35. The molecule has 0 spiro atoms. The molecule has 10 nitrogen and oxygen atoms in total. The van der Waals surface area contributed by atoms with E-state index in [1.54, 1.807) is 32.7 Å². The maximum atomic E-state index is 13.1. The van der Waals surface area contributed by atoms with Gasteiger partial charge in [0.05, 0.1) is 24.4 Å². The zero-order chi connectivity index (χ0) is 32.5. The standard InChI is InChI=1S/C35H39ClN6O4/c1-22-27(5-4-6-29(22)42-35(44)30-11-7-23(19-40-30)18-37-15-16-45-2)28-13-14-39-34(33(28)36)24-8-9-25(31(17-24)46-3)20-38-21-26-10-12-32(43)41-26/h4-9,11,13-14,17,19,26,37-38H,10,12,15-16,18,20-21H2,1-3H3,(H,41,43)(H,42,44)/t26-/m1/s1. The SMILES string of the molecule is COCCNCc1ccc(C(=O)Nc2cccc(-c3ccnc(-c4ccc(CNC[C@H]5CCC(=O)N5)c(OC)c4)c3Cl)c2C)nc1. The molecule has 0 bridgehead atoms. The van der Waals surface area contributed by atoms with Crippen LogP contribution in [0.5, 0.6) is 5.75 Å². The number of hydrogen-bond donors (Lipinski definition) is 4. The molecule has 11 heteroatoms. The molecule has 0 unspecified atom stereocenters. The number of nitrogens with one attached hydrogen (secondary N) is 4. The van der Waals surface area contributed by atoms with Crippen LogP contribution in [0.2, 0.25) is 5.02 Å². The summed E-state index contributed by atoms with van der Waals surface area (Å²) in [5.74, 6) is 0.525. The van der Waals surface area contributed by atoms with Crippen molar-refractivity contribution in [1.29, 1.82) is 0 Å². The number of pyridine rings is 2. The van der Waals surface area contributed by atoms with Gasteiger partial charge in [0.15, 0.2) is 0 Å². The van der Waals surface area contributed by atoms with Gasteiger partial charge in [0, 0.05) is 80.5 Å². The number of ether oxygens (including phenoxy) is 2. The molecule has 2 aromatic carbocycles. The lowest BCUT2D eigenvalue weighted by Crippen LogP contribution is -2.35. The summed E-state index contributed by atoms with van der Waals surface area (Å²) in [6.07, 6.45) is 4.85. The third kappa shape index (κ3) is 8.07. The highest BCUT2D eigenvalue weighted by Gasteiger charge is 2.21. The Morgan fingerprint density at radius 1 is 1.04 bits per heavy atom. The van der Waals surface area contributed by atoms with Crippen LogP contribution in [0.15, 0.2) is 67.0 Å². The second kappa shape index (κ2) is 15.8. The number of amides is 2. The fraction of sp³-hybridized carbons (Fsp3) is 0.314. The molecule has 4 N–H and O–H groups in total. The van der Waals surface area contributed by atoms with E-state index in [0.717, 1.165) is 46.3 Å². The van der Waals surface area contributed by atoms with Crippen LogP contribution < -0.4 is 26.0 Å². The first-order chi connectivity index (χ1) is 22.4. The van der Waals surface area contributed by atoms with Crippen molar-refractivity contribution in [3.63, 3.8) is 0 Å². The molecule has 1 saturated heterocycles. The second-order valence-electron chi connectivity index (χ2n) is 11.1. The Kier molecular flexibility index (Phi) is 11.3. The number of hydrogen-bond acceptors (Lipinski definition) is 8. The number of methoxy groups -OCH3 is 2. The van der Waals surface area contributed by atoms with Crippen LogP contribution in [0, 0.1) is 6.92 Å². The van der Waals surface area contributed by atoms with E-state index in [-0.39, 0.29) is 17.9 Å². The maximum absolute atomic E-state index is 13.1. The number of benzene rings is 2. The van der Waals surface area contributed by atoms with Crippen LogP contribution in [0.25, 0.3) is 22.4 Å². The average molecular weight is 643 g/mol. The van der Waals surface area contributed by atoms with E-state index in [1.165, 1.54) is 0 Å². The van der Waals surface area contributed by atoms with Crippen molar-refractivity contribution >= 4 is 29.1 Å². The molecule has 46 heavy (non-hydrogen) atoms. The summed E-state index contributed by atoms with van der Waals surface area (Å²) < 4.78 is 10.8. The van der Waals surface area contributed by atoms with Crippen molar-refractivity contribution in [1.82, 2.24) is 25.9 Å². The number of anilines is 1. The maximum Gasteiger partial charge on any atom is 0.274 e. The van der Waals surface area contributed by atoms with Crippen LogP contribution in [-0.2, 0) is 22.6 Å². The zero-order valence-electron chi connectivity index (χ0n) is 26.3. The molecule has 4 aromatic rings. The van der Waals surface area contributed by atoms with Crippen molar-refractivity contribution < 1.29 is 19.1 Å². The van der Waals surface area contributed by atoms with Crippen LogP contribution >= 0.6 is 11.6 Å².